The van der Waals surface area contributed by atoms with Gasteiger partial charge in [-0.1, -0.05) is 6.92 Å². The second-order valence-corrected chi connectivity index (χ2v) is 3.32. The van der Waals surface area contributed by atoms with Gasteiger partial charge in [-0.05, 0) is 12.8 Å². The van der Waals surface area contributed by atoms with Gasteiger partial charge in [0.15, 0.2) is 0 Å². The third-order valence-corrected chi connectivity index (χ3v) is 2.49. The van der Waals surface area contributed by atoms with E-state index in [0.29, 0.717) is 0 Å². The first-order chi connectivity index (χ1) is 5.81. The lowest BCUT2D eigenvalue weighted by Crippen LogP contribution is -2.24. The first-order valence-electron chi connectivity index (χ1n) is 4.52. The first kappa shape index (κ1) is 7.80. The van der Waals surface area contributed by atoms with Crippen LogP contribution in [0.1, 0.15) is 24.9 Å². The summed E-state index contributed by atoms with van der Waals surface area (Å²) < 4.78 is 2.23. The highest BCUT2D eigenvalue weighted by atomic mass is 16.3. The van der Waals surface area contributed by atoms with Crippen LogP contribution < -0.4 is 0 Å². The van der Waals surface area contributed by atoms with Crippen molar-refractivity contribution in [2.24, 2.45) is 0 Å². The van der Waals surface area contributed by atoms with Crippen LogP contribution in [0.3, 0.4) is 0 Å². The summed E-state index contributed by atoms with van der Waals surface area (Å²) in [6.45, 7) is 3.06. The predicted octanol–water partition coefficient (Wildman–Crippen LogP) is 0.753. The number of imidazole rings is 1. The van der Waals surface area contributed by atoms with Crippen LogP contribution in [0.15, 0.2) is 6.20 Å². The molecule has 12 heavy (non-hydrogen) atoms. The van der Waals surface area contributed by atoms with Crippen LogP contribution in [0, 0.1) is 0 Å². The first-order valence-corrected chi connectivity index (χ1v) is 4.52. The molecule has 0 aliphatic carbocycles. The van der Waals surface area contributed by atoms with Crippen molar-refractivity contribution >= 4 is 0 Å². The molecule has 2 heterocycles. The second-order valence-electron chi connectivity index (χ2n) is 3.32. The van der Waals surface area contributed by atoms with Crippen LogP contribution in [0.4, 0.5) is 0 Å². The molecule has 66 valence electrons. The maximum atomic E-state index is 9.38. The molecule has 1 atom stereocenters. The zero-order valence-corrected chi connectivity index (χ0v) is 7.32. The van der Waals surface area contributed by atoms with E-state index in [1.54, 1.807) is 0 Å². The van der Waals surface area contributed by atoms with Crippen LogP contribution in [-0.4, -0.2) is 20.8 Å². The smallest absolute Gasteiger partial charge is 0.111 e. The third kappa shape index (κ3) is 1.14. The molecule has 0 fully saturated rings. The maximum absolute atomic E-state index is 9.38. The maximum Gasteiger partial charge on any atom is 0.111 e. The van der Waals surface area contributed by atoms with Gasteiger partial charge in [0, 0.05) is 24.9 Å². The molecule has 0 amide bonds. The van der Waals surface area contributed by atoms with Crippen LogP contribution in [-0.2, 0) is 19.4 Å². The van der Waals surface area contributed by atoms with Gasteiger partial charge in [-0.15, -0.1) is 0 Å². The number of aliphatic hydroxyl groups is 1. The van der Waals surface area contributed by atoms with Crippen molar-refractivity contribution in [2.45, 2.75) is 38.8 Å². The van der Waals surface area contributed by atoms with E-state index in [0.717, 1.165) is 31.6 Å². The molecule has 1 unspecified atom stereocenters. The Morgan fingerprint density at radius 3 is 3.33 bits per heavy atom. The SMILES string of the molecule is CCc1cnc2n1CCC(O)C2. The zero-order valence-electron chi connectivity index (χ0n) is 7.32. The van der Waals surface area contributed by atoms with Gasteiger partial charge in [0.05, 0.1) is 6.10 Å². The van der Waals surface area contributed by atoms with Gasteiger partial charge in [-0.3, -0.25) is 0 Å². The number of hydrogen-bond acceptors (Lipinski definition) is 2. The van der Waals surface area contributed by atoms with E-state index in [1.807, 2.05) is 6.20 Å². The van der Waals surface area contributed by atoms with Crippen LogP contribution in [0.25, 0.3) is 0 Å². The Morgan fingerprint density at radius 2 is 2.58 bits per heavy atom. The van der Waals surface area contributed by atoms with E-state index in [4.69, 9.17) is 0 Å². The summed E-state index contributed by atoms with van der Waals surface area (Å²) in [5, 5.41) is 9.38. The summed E-state index contributed by atoms with van der Waals surface area (Å²) in [5.41, 5.74) is 1.29. The minimum atomic E-state index is -0.176. The molecule has 0 saturated heterocycles. The summed E-state index contributed by atoms with van der Waals surface area (Å²) >= 11 is 0. The second kappa shape index (κ2) is 2.90. The van der Waals surface area contributed by atoms with Crippen LogP contribution >= 0.6 is 0 Å². The Labute approximate surface area is 72.0 Å². The van der Waals surface area contributed by atoms with E-state index in [-0.39, 0.29) is 6.10 Å². The Bertz CT molecular complexity index is 280. The van der Waals surface area contributed by atoms with Gasteiger partial charge in [0.1, 0.15) is 5.82 Å². The van der Waals surface area contributed by atoms with Crippen LogP contribution in [0.5, 0.6) is 0 Å². The number of aliphatic hydroxyl groups excluding tert-OH is 1. The number of nitrogens with zero attached hydrogens (tertiary/aromatic N) is 2. The highest BCUT2D eigenvalue weighted by Crippen LogP contribution is 2.16. The Morgan fingerprint density at radius 1 is 1.75 bits per heavy atom. The number of aryl methyl sites for hydroxylation is 1. The average Bonchev–Trinajstić information content (AvgIpc) is 2.46. The summed E-state index contributed by atoms with van der Waals surface area (Å²) in [4.78, 5) is 4.28. The van der Waals surface area contributed by atoms with E-state index >= 15 is 0 Å². The lowest BCUT2D eigenvalue weighted by atomic mass is 10.1. The highest BCUT2D eigenvalue weighted by Gasteiger charge is 2.18. The van der Waals surface area contributed by atoms with Gasteiger partial charge < -0.3 is 9.67 Å². The monoisotopic (exact) mass is 166 g/mol. The van der Waals surface area contributed by atoms with E-state index in [1.165, 1.54) is 5.69 Å². The van der Waals surface area contributed by atoms with Gasteiger partial charge in [0.25, 0.3) is 0 Å². The molecule has 1 aromatic heterocycles. The lowest BCUT2D eigenvalue weighted by molar-refractivity contribution is 0.141. The summed E-state index contributed by atoms with van der Waals surface area (Å²) in [6, 6.07) is 0. The lowest BCUT2D eigenvalue weighted by Gasteiger charge is -2.20. The zero-order chi connectivity index (χ0) is 8.55. The van der Waals surface area contributed by atoms with Crippen molar-refractivity contribution in [3.05, 3.63) is 17.7 Å². The van der Waals surface area contributed by atoms with Gasteiger partial charge in [-0.2, -0.15) is 0 Å². The minimum absolute atomic E-state index is 0.176. The molecule has 1 aromatic rings. The Balaban J connectivity index is 2.32. The fourth-order valence-electron chi connectivity index (χ4n) is 1.76. The van der Waals surface area contributed by atoms with E-state index in [9.17, 15) is 5.11 Å². The Kier molecular flexibility index (Phi) is 1.89. The van der Waals surface area contributed by atoms with Crippen molar-refractivity contribution < 1.29 is 5.11 Å². The number of fused-ring (bicyclic) bond motifs is 1. The van der Waals surface area contributed by atoms with Crippen LogP contribution in [0.2, 0.25) is 0 Å². The summed E-state index contributed by atoms with van der Waals surface area (Å²) in [5.74, 6) is 1.05. The largest absolute Gasteiger partial charge is 0.393 e. The molecule has 1 N–H and O–H groups in total. The average molecular weight is 166 g/mol. The van der Waals surface area contributed by atoms with Gasteiger partial charge >= 0.3 is 0 Å². The van der Waals surface area contributed by atoms with Gasteiger partial charge in [0.2, 0.25) is 0 Å². The Hall–Kier alpha value is -0.830. The van der Waals surface area contributed by atoms with Crippen molar-refractivity contribution in [1.29, 1.82) is 0 Å². The third-order valence-electron chi connectivity index (χ3n) is 2.49. The normalized spacial score (nSPS) is 22.3. The number of hydrogen-bond donors (Lipinski definition) is 1. The molecule has 0 spiro atoms. The summed E-state index contributed by atoms with van der Waals surface area (Å²) in [7, 11) is 0. The van der Waals surface area contributed by atoms with Gasteiger partial charge in [-0.25, -0.2) is 4.98 Å². The molecule has 1 aliphatic rings. The molecule has 0 aromatic carbocycles. The molecule has 3 nitrogen and oxygen atoms in total. The van der Waals surface area contributed by atoms with E-state index < -0.39 is 0 Å². The van der Waals surface area contributed by atoms with Crippen molar-refractivity contribution in [1.82, 2.24) is 9.55 Å². The highest BCUT2D eigenvalue weighted by molar-refractivity contribution is 5.08. The number of rotatable bonds is 1. The van der Waals surface area contributed by atoms with Crippen molar-refractivity contribution in [3.63, 3.8) is 0 Å². The molecule has 0 radical (unpaired) electrons. The summed E-state index contributed by atoms with van der Waals surface area (Å²) in [6.07, 6.45) is 4.37. The standard InChI is InChI=1S/C9H14N2O/c1-2-7-6-10-9-5-8(12)3-4-11(7)9/h6,8,12H,2-5H2,1H3. The predicted molar refractivity (Wildman–Crippen MR) is 45.9 cm³/mol. The van der Waals surface area contributed by atoms with Crippen molar-refractivity contribution in [2.75, 3.05) is 0 Å². The topological polar surface area (TPSA) is 38.0 Å². The molecule has 3 heteroatoms. The fourth-order valence-corrected chi connectivity index (χ4v) is 1.76. The quantitative estimate of drug-likeness (QED) is 0.668. The minimum Gasteiger partial charge on any atom is -0.393 e. The molecular formula is C9H14N2O. The fraction of sp³-hybridized carbons (Fsp3) is 0.667. The molecule has 1 aliphatic heterocycles. The number of aromatic nitrogens is 2. The molecule has 2 rings (SSSR count). The molecular weight excluding hydrogens is 152 g/mol. The molecule has 0 saturated carbocycles. The van der Waals surface area contributed by atoms with Crippen molar-refractivity contribution in [3.8, 4) is 0 Å². The molecule has 0 bridgehead atoms. The van der Waals surface area contributed by atoms with E-state index in [2.05, 4.69) is 16.5 Å².